The van der Waals surface area contributed by atoms with Crippen molar-refractivity contribution in [3.05, 3.63) is 35.4 Å². The van der Waals surface area contributed by atoms with Gasteiger partial charge in [-0.25, -0.2) is 0 Å². The fourth-order valence-electron chi connectivity index (χ4n) is 2.71. The van der Waals surface area contributed by atoms with E-state index in [-0.39, 0.29) is 0 Å². The van der Waals surface area contributed by atoms with E-state index in [4.69, 9.17) is 4.74 Å². The van der Waals surface area contributed by atoms with E-state index in [1.54, 1.807) is 7.11 Å². The quantitative estimate of drug-likeness (QED) is 0.852. The fourth-order valence-corrected chi connectivity index (χ4v) is 2.71. The van der Waals surface area contributed by atoms with Gasteiger partial charge >= 0.3 is 0 Å². The summed E-state index contributed by atoms with van der Waals surface area (Å²) in [5.74, 6) is 0. The molecule has 1 saturated heterocycles. The number of nitrogens with one attached hydrogen (secondary N) is 1. The number of benzene rings is 1. The molecule has 0 aromatic heterocycles. The molecule has 1 fully saturated rings. The van der Waals surface area contributed by atoms with Crippen LogP contribution in [0.15, 0.2) is 24.3 Å². The van der Waals surface area contributed by atoms with Crippen LogP contribution in [0.1, 0.15) is 30.9 Å². The summed E-state index contributed by atoms with van der Waals surface area (Å²) in [6.07, 6.45) is 2.54. The van der Waals surface area contributed by atoms with Crippen LogP contribution < -0.4 is 5.32 Å². The Labute approximate surface area is 116 Å². The van der Waals surface area contributed by atoms with Crippen molar-refractivity contribution in [2.75, 3.05) is 26.7 Å². The summed E-state index contributed by atoms with van der Waals surface area (Å²) in [5, 5.41) is 3.68. The van der Waals surface area contributed by atoms with Crippen molar-refractivity contribution < 1.29 is 4.74 Å². The zero-order valence-electron chi connectivity index (χ0n) is 12.2. The molecule has 2 rings (SSSR count). The first-order chi connectivity index (χ1) is 9.31. The summed E-state index contributed by atoms with van der Waals surface area (Å²) < 4.78 is 5.18. The number of hydrogen-bond donors (Lipinski definition) is 1. The first kappa shape index (κ1) is 14.5. The van der Waals surface area contributed by atoms with Crippen molar-refractivity contribution in [2.45, 2.75) is 39.0 Å². The number of piperidine rings is 1. The lowest BCUT2D eigenvalue weighted by molar-refractivity contribution is 0.185. The summed E-state index contributed by atoms with van der Waals surface area (Å²) in [7, 11) is 1.74. The maximum absolute atomic E-state index is 5.18. The van der Waals surface area contributed by atoms with Gasteiger partial charge in [0.2, 0.25) is 0 Å². The van der Waals surface area contributed by atoms with E-state index in [2.05, 4.69) is 41.4 Å². The maximum Gasteiger partial charge on any atom is 0.0713 e. The largest absolute Gasteiger partial charge is 0.380 e. The Bertz CT molecular complexity index is 373. The van der Waals surface area contributed by atoms with Crippen LogP contribution in [0.4, 0.5) is 0 Å². The molecule has 3 heteroatoms. The Morgan fingerprint density at radius 1 is 1.26 bits per heavy atom. The molecule has 0 atom stereocenters. The first-order valence-electron chi connectivity index (χ1n) is 7.34. The molecule has 0 spiro atoms. The second-order valence-electron chi connectivity index (χ2n) is 5.34. The molecule has 0 saturated carbocycles. The van der Waals surface area contributed by atoms with Gasteiger partial charge in [0.15, 0.2) is 0 Å². The first-order valence-corrected chi connectivity index (χ1v) is 7.34. The third-order valence-electron chi connectivity index (χ3n) is 3.93. The van der Waals surface area contributed by atoms with Crippen LogP contribution in [0.25, 0.3) is 0 Å². The molecule has 1 heterocycles. The number of nitrogens with zero attached hydrogens (tertiary/aromatic N) is 1. The standard InChI is InChI=1S/C16H26N2O/c1-3-18-9-7-16(8-10-18)17-12-14-5-4-6-15(11-14)13-19-2/h4-6,11,16-17H,3,7-10,12-13H2,1-2H3. The van der Waals surface area contributed by atoms with Crippen LogP contribution in [0.3, 0.4) is 0 Å². The fraction of sp³-hybridized carbons (Fsp3) is 0.625. The Balaban J connectivity index is 1.77. The van der Waals surface area contributed by atoms with Crippen molar-refractivity contribution in [3.63, 3.8) is 0 Å². The minimum absolute atomic E-state index is 0.675. The highest BCUT2D eigenvalue weighted by Crippen LogP contribution is 2.11. The highest BCUT2D eigenvalue weighted by molar-refractivity contribution is 5.22. The lowest BCUT2D eigenvalue weighted by Gasteiger charge is -2.31. The zero-order chi connectivity index (χ0) is 13.5. The highest BCUT2D eigenvalue weighted by atomic mass is 16.5. The minimum atomic E-state index is 0.675. The smallest absolute Gasteiger partial charge is 0.0713 e. The number of rotatable bonds is 6. The monoisotopic (exact) mass is 262 g/mol. The molecule has 3 nitrogen and oxygen atoms in total. The summed E-state index contributed by atoms with van der Waals surface area (Å²) in [5.41, 5.74) is 2.61. The van der Waals surface area contributed by atoms with Gasteiger partial charge in [-0.05, 0) is 43.6 Å². The van der Waals surface area contributed by atoms with Gasteiger partial charge in [0, 0.05) is 19.7 Å². The minimum Gasteiger partial charge on any atom is -0.380 e. The highest BCUT2D eigenvalue weighted by Gasteiger charge is 2.17. The normalized spacial score (nSPS) is 17.8. The Morgan fingerprint density at radius 2 is 2.00 bits per heavy atom. The molecule has 1 N–H and O–H groups in total. The van der Waals surface area contributed by atoms with Gasteiger partial charge in [-0.2, -0.15) is 0 Å². The second-order valence-corrected chi connectivity index (χ2v) is 5.34. The molecule has 1 aromatic carbocycles. The van der Waals surface area contributed by atoms with Crippen molar-refractivity contribution in [1.82, 2.24) is 10.2 Å². The van der Waals surface area contributed by atoms with Crippen LogP contribution in [-0.4, -0.2) is 37.7 Å². The molecule has 0 amide bonds. The van der Waals surface area contributed by atoms with E-state index in [1.165, 1.54) is 43.6 Å². The number of hydrogen-bond acceptors (Lipinski definition) is 3. The van der Waals surface area contributed by atoms with Crippen LogP contribution in [-0.2, 0) is 17.9 Å². The summed E-state index contributed by atoms with van der Waals surface area (Å²) in [6, 6.07) is 9.33. The van der Waals surface area contributed by atoms with E-state index in [0.717, 1.165) is 6.54 Å². The molecule has 0 aliphatic carbocycles. The van der Waals surface area contributed by atoms with Crippen molar-refractivity contribution in [3.8, 4) is 0 Å². The summed E-state index contributed by atoms with van der Waals surface area (Å²) >= 11 is 0. The van der Waals surface area contributed by atoms with Crippen LogP contribution in [0, 0.1) is 0 Å². The predicted octanol–water partition coefficient (Wildman–Crippen LogP) is 2.41. The van der Waals surface area contributed by atoms with Crippen molar-refractivity contribution in [2.24, 2.45) is 0 Å². The Kier molecular flexibility index (Phi) is 5.83. The predicted molar refractivity (Wildman–Crippen MR) is 79.1 cm³/mol. The van der Waals surface area contributed by atoms with Crippen LogP contribution >= 0.6 is 0 Å². The Hall–Kier alpha value is -0.900. The molecule has 1 aromatic rings. The third-order valence-corrected chi connectivity index (χ3v) is 3.93. The third kappa shape index (κ3) is 4.60. The number of ether oxygens (including phenoxy) is 1. The van der Waals surface area contributed by atoms with Crippen molar-refractivity contribution in [1.29, 1.82) is 0 Å². The molecular weight excluding hydrogens is 236 g/mol. The average Bonchev–Trinajstić information content (AvgIpc) is 2.46. The molecule has 1 aliphatic heterocycles. The molecule has 0 bridgehead atoms. The zero-order valence-corrected chi connectivity index (χ0v) is 12.2. The van der Waals surface area contributed by atoms with E-state index in [9.17, 15) is 0 Å². The second kappa shape index (κ2) is 7.63. The number of likely N-dealkylation sites (tertiary alicyclic amines) is 1. The topological polar surface area (TPSA) is 24.5 Å². The number of methoxy groups -OCH3 is 1. The van der Waals surface area contributed by atoms with E-state index in [1.807, 2.05) is 0 Å². The summed E-state index contributed by atoms with van der Waals surface area (Å²) in [6.45, 7) is 7.56. The van der Waals surface area contributed by atoms with Gasteiger partial charge in [-0.3, -0.25) is 0 Å². The van der Waals surface area contributed by atoms with Gasteiger partial charge < -0.3 is 15.0 Å². The lowest BCUT2D eigenvalue weighted by atomic mass is 10.0. The lowest BCUT2D eigenvalue weighted by Crippen LogP contribution is -2.42. The van der Waals surface area contributed by atoms with Gasteiger partial charge in [-0.15, -0.1) is 0 Å². The molecular formula is C16H26N2O. The maximum atomic E-state index is 5.18. The molecule has 0 unspecified atom stereocenters. The molecule has 19 heavy (non-hydrogen) atoms. The van der Waals surface area contributed by atoms with Crippen LogP contribution in [0.2, 0.25) is 0 Å². The Morgan fingerprint density at radius 3 is 2.68 bits per heavy atom. The van der Waals surface area contributed by atoms with Gasteiger partial charge in [0.05, 0.1) is 6.61 Å². The van der Waals surface area contributed by atoms with Gasteiger partial charge in [0.1, 0.15) is 0 Å². The van der Waals surface area contributed by atoms with Gasteiger partial charge in [0.25, 0.3) is 0 Å². The summed E-state index contributed by atoms with van der Waals surface area (Å²) in [4.78, 5) is 2.53. The van der Waals surface area contributed by atoms with E-state index >= 15 is 0 Å². The average molecular weight is 262 g/mol. The molecule has 106 valence electrons. The van der Waals surface area contributed by atoms with Crippen molar-refractivity contribution >= 4 is 0 Å². The molecule has 0 radical (unpaired) electrons. The van der Waals surface area contributed by atoms with Crippen LogP contribution in [0.5, 0.6) is 0 Å². The van der Waals surface area contributed by atoms with E-state index in [0.29, 0.717) is 12.6 Å². The van der Waals surface area contributed by atoms with E-state index < -0.39 is 0 Å². The SMILES string of the molecule is CCN1CCC(NCc2cccc(COC)c2)CC1. The van der Waals surface area contributed by atoms with Gasteiger partial charge in [-0.1, -0.05) is 31.2 Å². The molecule has 1 aliphatic rings.